The number of aromatic hydroxyl groups is 1. The van der Waals surface area contributed by atoms with Gasteiger partial charge in [0, 0.05) is 37.7 Å². The second kappa shape index (κ2) is 34.7. The van der Waals surface area contributed by atoms with Crippen LogP contribution in [0.2, 0.25) is 0 Å². The van der Waals surface area contributed by atoms with Crippen LogP contribution in [0.3, 0.4) is 0 Å². The number of aliphatic carboxylic acids is 1. The fourth-order valence-corrected chi connectivity index (χ4v) is 9.14. The van der Waals surface area contributed by atoms with Crippen LogP contribution in [0.5, 0.6) is 5.75 Å². The molecule has 0 radical (unpaired) electrons. The Morgan fingerprint density at radius 3 is 1.94 bits per heavy atom. The van der Waals surface area contributed by atoms with Gasteiger partial charge in [0.1, 0.15) is 54.1 Å². The van der Waals surface area contributed by atoms with Crippen LogP contribution in [-0.2, 0) is 65.6 Å². The first-order valence-electron chi connectivity index (χ1n) is 26.9. The molecule has 1 saturated heterocycles. The average Bonchev–Trinajstić information content (AvgIpc) is 4.14. The number of nitrogens with two attached hydrogens (primary N) is 3. The third kappa shape index (κ3) is 23.3. The number of H-pyrrole nitrogens is 1. The number of aliphatic hydroxyl groups is 1. The van der Waals surface area contributed by atoms with E-state index >= 15 is 0 Å². The topological polar surface area (TPSA) is 455 Å². The van der Waals surface area contributed by atoms with Gasteiger partial charge in [0.2, 0.25) is 59.1 Å². The second-order valence-electron chi connectivity index (χ2n) is 20.5. The van der Waals surface area contributed by atoms with Crippen LogP contribution >= 0.6 is 11.8 Å². The fraction of sp³-hybridized carbons (Fsp3) is 0.615. The number of carboxylic acids is 1. The predicted molar refractivity (Wildman–Crippen MR) is 297 cm³/mol. The zero-order valence-electron chi connectivity index (χ0n) is 46.5. The number of imidazole rings is 1. The molecule has 2 aromatic rings. The Balaban J connectivity index is 1.72. The Labute approximate surface area is 474 Å². The van der Waals surface area contributed by atoms with E-state index in [9.17, 15) is 68.1 Å². The lowest BCUT2D eigenvalue weighted by atomic mass is 10.0. The minimum absolute atomic E-state index is 0.00818. The van der Waals surface area contributed by atoms with Gasteiger partial charge in [-0.15, -0.1) is 0 Å². The highest BCUT2D eigenvalue weighted by Gasteiger charge is 2.39. The number of aliphatic hydroxyl groups excluding tert-OH is 1. The first kappa shape index (κ1) is 67.9. The number of amides is 10. The van der Waals surface area contributed by atoms with E-state index in [1.54, 1.807) is 34.0 Å². The number of primary amides is 1. The predicted octanol–water partition coefficient (Wildman–Crippen LogP) is -3.34. The number of hydrogen-bond donors (Lipinski definition) is 15. The van der Waals surface area contributed by atoms with Crippen molar-refractivity contribution in [3.05, 3.63) is 48.0 Å². The second-order valence-corrected chi connectivity index (χ2v) is 21.5. The number of thioether (sulfide) groups is 1. The lowest BCUT2D eigenvalue weighted by molar-refractivity contribution is -0.142. The van der Waals surface area contributed by atoms with Crippen molar-refractivity contribution in [3.8, 4) is 5.75 Å². The van der Waals surface area contributed by atoms with Crippen molar-refractivity contribution in [2.75, 3.05) is 38.2 Å². The van der Waals surface area contributed by atoms with E-state index in [1.807, 2.05) is 0 Å². The minimum atomic E-state index is -1.69. The highest BCUT2D eigenvalue weighted by Crippen LogP contribution is 2.20. The molecular formula is C52H82N14O14S. The van der Waals surface area contributed by atoms with E-state index in [4.69, 9.17) is 17.2 Å². The van der Waals surface area contributed by atoms with Gasteiger partial charge in [0.25, 0.3) is 0 Å². The number of carboxylic acid groups (broad SMARTS) is 1. The van der Waals surface area contributed by atoms with Crippen LogP contribution in [0.4, 0.5) is 0 Å². The Kier molecular flexibility index (Phi) is 29.1. The summed E-state index contributed by atoms with van der Waals surface area (Å²) in [5.74, 6) is -10.1. The summed E-state index contributed by atoms with van der Waals surface area (Å²) in [4.78, 5) is 155. The number of benzene rings is 1. The van der Waals surface area contributed by atoms with E-state index in [-0.39, 0.29) is 63.2 Å². The summed E-state index contributed by atoms with van der Waals surface area (Å²) in [7, 11) is 0. The number of carbonyl (C=O) groups excluding carboxylic acids is 10. The van der Waals surface area contributed by atoms with Gasteiger partial charge in [-0.25, -0.2) is 9.78 Å². The molecule has 1 fully saturated rings. The maximum Gasteiger partial charge on any atom is 0.326 e. The Morgan fingerprint density at radius 1 is 0.753 bits per heavy atom. The van der Waals surface area contributed by atoms with E-state index in [0.29, 0.717) is 49.2 Å². The lowest BCUT2D eigenvalue weighted by Crippen LogP contribution is -2.61. The number of aromatic nitrogens is 2. The van der Waals surface area contributed by atoms with Gasteiger partial charge >= 0.3 is 5.97 Å². The number of rotatable bonds is 36. The SMILES string of the molecule is CSCC[C@H](NC(=O)[C@H](Cc1ccc(O)cc1)NC(=O)CNC(=O)[C@@H](NC(=O)[C@H](CO)NC(=O)[C@H](CC(C)C)NC(=O)[C@H](CCC(N)=O)NC(=O)[C@@H]1CCCN1C(=O)[C@@H](N)CCCCN)C(C)C)C(=O)N[C@@H](Cc1cnc[nH]1)C(=O)O. The smallest absolute Gasteiger partial charge is 0.326 e. The van der Waals surface area contributed by atoms with Crippen molar-refractivity contribution in [2.24, 2.45) is 29.0 Å². The van der Waals surface area contributed by atoms with Gasteiger partial charge in [-0.1, -0.05) is 46.2 Å². The number of phenols is 1. The van der Waals surface area contributed by atoms with Gasteiger partial charge in [-0.3, -0.25) is 47.9 Å². The van der Waals surface area contributed by atoms with Gasteiger partial charge in [-0.05, 0) is 93.0 Å². The maximum absolute atomic E-state index is 14.0. The summed E-state index contributed by atoms with van der Waals surface area (Å²) in [6, 6.07) is -5.99. The zero-order chi connectivity index (χ0) is 60.3. The number of unbranched alkanes of at least 4 members (excludes halogenated alkanes) is 1. The van der Waals surface area contributed by atoms with Crippen LogP contribution in [0.15, 0.2) is 36.8 Å². The molecule has 1 aliphatic heterocycles. The van der Waals surface area contributed by atoms with Gasteiger partial charge in [0.05, 0.1) is 25.5 Å². The highest BCUT2D eigenvalue weighted by molar-refractivity contribution is 7.98. The van der Waals surface area contributed by atoms with E-state index in [0.717, 1.165) is 0 Å². The molecule has 9 atom stereocenters. The molecule has 0 saturated carbocycles. The summed E-state index contributed by atoms with van der Waals surface area (Å²) in [5, 5.41) is 50.2. The largest absolute Gasteiger partial charge is 0.508 e. The summed E-state index contributed by atoms with van der Waals surface area (Å²) < 4.78 is 0. The molecule has 3 rings (SSSR count). The highest BCUT2D eigenvalue weighted by atomic mass is 32.2. The Hall–Kier alpha value is -7.37. The normalized spacial score (nSPS) is 16.1. The molecule has 2 heterocycles. The molecule has 10 amide bonds. The first-order valence-corrected chi connectivity index (χ1v) is 28.3. The number of phenolic OH excluding ortho intramolecular Hbond substituents is 1. The molecule has 1 aliphatic rings. The first-order chi connectivity index (χ1) is 38.4. The summed E-state index contributed by atoms with van der Waals surface area (Å²) in [6.45, 7) is 5.59. The van der Waals surface area contributed by atoms with Crippen molar-refractivity contribution in [1.82, 2.24) is 57.4 Å². The fourth-order valence-electron chi connectivity index (χ4n) is 8.67. The molecule has 29 heteroatoms. The molecule has 0 unspecified atom stereocenters. The van der Waals surface area contributed by atoms with Crippen LogP contribution in [0.1, 0.15) is 96.7 Å². The Bertz CT molecular complexity index is 2430. The number of carbonyl (C=O) groups is 11. The number of nitrogens with one attached hydrogen (secondary N) is 9. The third-order valence-electron chi connectivity index (χ3n) is 13.1. The van der Waals surface area contributed by atoms with Crippen LogP contribution < -0.4 is 59.7 Å². The molecule has 450 valence electrons. The number of nitrogens with zero attached hydrogens (tertiary/aromatic N) is 2. The molecule has 0 aliphatic carbocycles. The van der Waals surface area contributed by atoms with Crippen molar-refractivity contribution in [2.45, 2.75) is 153 Å². The monoisotopic (exact) mass is 1160 g/mol. The molecule has 18 N–H and O–H groups in total. The number of likely N-dealkylation sites (tertiary alicyclic amines) is 1. The van der Waals surface area contributed by atoms with Crippen molar-refractivity contribution >= 4 is 76.8 Å². The van der Waals surface area contributed by atoms with Crippen LogP contribution in [0.25, 0.3) is 0 Å². The molecular weight excluding hydrogens is 1080 g/mol. The summed E-state index contributed by atoms with van der Waals surface area (Å²) in [6.07, 6.45) is 6.07. The average molecular weight is 1160 g/mol. The standard InChI is InChI=1S/C52H82N14O14S/c1-28(2)21-36(62-44(71)34(15-16-41(55)69)61-49(76)40-10-8-19-66(40)51(78)33(54)9-6-7-18-53)46(73)64-39(26-67)48(75)65-43(29(3)4)50(77)57-25-42(70)59-37(22-30-11-13-32(68)14-12-30)47(74)60-35(17-20-81-5)45(72)63-38(52(79)80)23-31-24-56-27-58-31/h11-14,24,27-29,33-40,43,67-68H,6-10,15-23,25-26,53-54H2,1-5H3,(H2,55,69)(H,56,58)(H,57,77)(H,59,70)(H,60,74)(H,61,76)(H,62,71)(H,63,72)(H,64,73)(H,65,75)(H,79,80)/t33-,34-,35-,36-,37-,38-,39-,40-,43-/m0/s1. The van der Waals surface area contributed by atoms with Crippen LogP contribution in [0, 0.1) is 11.8 Å². The molecule has 1 aromatic heterocycles. The quantitative estimate of drug-likeness (QED) is 0.0297. The van der Waals surface area contributed by atoms with Crippen LogP contribution in [-0.4, -0.2) is 188 Å². The lowest BCUT2D eigenvalue weighted by Gasteiger charge is -2.29. The molecule has 1 aromatic carbocycles. The number of hydrogen-bond acceptors (Lipinski definition) is 17. The zero-order valence-corrected chi connectivity index (χ0v) is 47.3. The number of aromatic amines is 1. The molecule has 81 heavy (non-hydrogen) atoms. The minimum Gasteiger partial charge on any atom is -0.508 e. The molecule has 0 spiro atoms. The molecule has 28 nitrogen and oxygen atoms in total. The third-order valence-corrected chi connectivity index (χ3v) is 13.8. The van der Waals surface area contributed by atoms with Gasteiger partial charge in [0.15, 0.2) is 0 Å². The van der Waals surface area contributed by atoms with Gasteiger partial charge in [-0.2, -0.15) is 11.8 Å². The van der Waals surface area contributed by atoms with Gasteiger partial charge < -0.3 is 84.9 Å². The van der Waals surface area contributed by atoms with E-state index < -0.39 is 138 Å². The summed E-state index contributed by atoms with van der Waals surface area (Å²) >= 11 is 1.36. The maximum atomic E-state index is 14.0. The summed E-state index contributed by atoms with van der Waals surface area (Å²) in [5.41, 5.74) is 18.0. The molecule has 0 bridgehead atoms. The van der Waals surface area contributed by atoms with E-state index in [1.165, 1.54) is 53.5 Å². The van der Waals surface area contributed by atoms with Crippen molar-refractivity contribution < 1.29 is 68.1 Å². The Morgan fingerprint density at radius 2 is 1.36 bits per heavy atom. The van der Waals surface area contributed by atoms with Crippen molar-refractivity contribution in [1.29, 1.82) is 0 Å². The van der Waals surface area contributed by atoms with E-state index in [2.05, 4.69) is 52.5 Å². The van der Waals surface area contributed by atoms with Crippen molar-refractivity contribution in [3.63, 3.8) is 0 Å².